The second-order valence-corrected chi connectivity index (χ2v) is 4.97. The Morgan fingerprint density at radius 1 is 1.15 bits per heavy atom. The molecular formula is C17H20FNO. The maximum absolute atomic E-state index is 13.7. The molecule has 0 saturated heterocycles. The standard InChI is InChI=1S/C17H20FNO/c1-12-4-9-17(18)15(10-12)11-19-13(2)14-5-7-16(20-3)8-6-14/h4-10,13,19H,11H2,1-3H3/t13-/m1/s1. The molecule has 1 N–H and O–H groups in total. The predicted molar refractivity (Wildman–Crippen MR) is 79.4 cm³/mol. The van der Waals surface area contributed by atoms with E-state index in [9.17, 15) is 4.39 Å². The smallest absolute Gasteiger partial charge is 0.127 e. The summed E-state index contributed by atoms with van der Waals surface area (Å²) in [6, 6.07) is 13.2. The molecule has 2 aromatic carbocycles. The quantitative estimate of drug-likeness (QED) is 0.889. The van der Waals surface area contributed by atoms with E-state index in [0.29, 0.717) is 12.1 Å². The fourth-order valence-electron chi connectivity index (χ4n) is 2.11. The van der Waals surface area contributed by atoms with Crippen molar-refractivity contribution in [1.29, 1.82) is 0 Å². The van der Waals surface area contributed by atoms with Gasteiger partial charge in [0, 0.05) is 18.2 Å². The van der Waals surface area contributed by atoms with Crippen molar-refractivity contribution in [3.8, 4) is 5.75 Å². The molecule has 0 bridgehead atoms. The highest BCUT2D eigenvalue weighted by molar-refractivity contribution is 5.29. The third kappa shape index (κ3) is 3.58. The molecule has 0 aromatic heterocycles. The number of nitrogens with one attached hydrogen (secondary N) is 1. The lowest BCUT2D eigenvalue weighted by Gasteiger charge is -2.15. The fourth-order valence-corrected chi connectivity index (χ4v) is 2.11. The van der Waals surface area contributed by atoms with Crippen molar-refractivity contribution in [2.24, 2.45) is 0 Å². The van der Waals surface area contributed by atoms with Crippen molar-refractivity contribution in [3.63, 3.8) is 0 Å². The van der Waals surface area contributed by atoms with Gasteiger partial charge in [-0.3, -0.25) is 0 Å². The summed E-state index contributed by atoms with van der Waals surface area (Å²) in [7, 11) is 1.65. The monoisotopic (exact) mass is 273 g/mol. The molecule has 0 amide bonds. The molecule has 2 aromatic rings. The lowest BCUT2D eigenvalue weighted by atomic mass is 10.1. The van der Waals surface area contributed by atoms with Gasteiger partial charge in [-0.15, -0.1) is 0 Å². The van der Waals surface area contributed by atoms with Crippen LogP contribution in [0.4, 0.5) is 4.39 Å². The Labute approximate surface area is 119 Å². The van der Waals surface area contributed by atoms with Gasteiger partial charge < -0.3 is 10.1 Å². The summed E-state index contributed by atoms with van der Waals surface area (Å²) >= 11 is 0. The van der Waals surface area contributed by atoms with Crippen molar-refractivity contribution >= 4 is 0 Å². The third-order valence-corrected chi connectivity index (χ3v) is 3.42. The molecule has 106 valence electrons. The van der Waals surface area contributed by atoms with E-state index in [-0.39, 0.29) is 11.9 Å². The summed E-state index contributed by atoms with van der Waals surface area (Å²) in [5, 5.41) is 3.34. The molecule has 0 unspecified atom stereocenters. The molecule has 0 saturated carbocycles. The minimum Gasteiger partial charge on any atom is -0.497 e. The largest absolute Gasteiger partial charge is 0.497 e. The van der Waals surface area contributed by atoms with E-state index in [1.807, 2.05) is 37.3 Å². The number of ether oxygens (including phenoxy) is 1. The Bertz CT molecular complexity index is 566. The Morgan fingerprint density at radius 2 is 1.85 bits per heavy atom. The second kappa shape index (κ2) is 6.53. The van der Waals surface area contributed by atoms with E-state index < -0.39 is 0 Å². The highest BCUT2D eigenvalue weighted by Crippen LogP contribution is 2.18. The summed E-state index contributed by atoms with van der Waals surface area (Å²) in [6.07, 6.45) is 0. The zero-order chi connectivity index (χ0) is 14.5. The first-order valence-electron chi connectivity index (χ1n) is 6.72. The summed E-state index contributed by atoms with van der Waals surface area (Å²) in [5.41, 5.74) is 2.92. The fraction of sp³-hybridized carbons (Fsp3) is 0.294. The Kier molecular flexibility index (Phi) is 4.74. The summed E-state index contributed by atoms with van der Waals surface area (Å²) in [6.45, 7) is 4.55. The van der Waals surface area contributed by atoms with Crippen LogP contribution in [0.3, 0.4) is 0 Å². The molecule has 1 atom stereocenters. The zero-order valence-electron chi connectivity index (χ0n) is 12.1. The van der Waals surface area contributed by atoms with Gasteiger partial charge in [0.15, 0.2) is 0 Å². The maximum atomic E-state index is 13.7. The van der Waals surface area contributed by atoms with E-state index in [1.165, 1.54) is 6.07 Å². The summed E-state index contributed by atoms with van der Waals surface area (Å²) in [4.78, 5) is 0. The number of hydrogen-bond donors (Lipinski definition) is 1. The van der Waals surface area contributed by atoms with Crippen LogP contribution in [-0.2, 0) is 6.54 Å². The van der Waals surface area contributed by atoms with Crippen molar-refractivity contribution in [2.45, 2.75) is 26.4 Å². The predicted octanol–water partition coefficient (Wildman–Crippen LogP) is 3.99. The first-order chi connectivity index (χ1) is 9.60. The molecule has 0 spiro atoms. The third-order valence-electron chi connectivity index (χ3n) is 3.42. The van der Waals surface area contributed by atoms with Crippen molar-refractivity contribution in [2.75, 3.05) is 7.11 Å². The molecule has 0 heterocycles. The second-order valence-electron chi connectivity index (χ2n) is 4.97. The van der Waals surface area contributed by atoms with Gasteiger partial charge in [0.1, 0.15) is 11.6 Å². The van der Waals surface area contributed by atoms with E-state index in [4.69, 9.17) is 4.74 Å². The average molecular weight is 273 g/mol. The number of methoxy groups -OCH3 is 1. The summed E-state index contributed by atoms with van der Waals surface area (Å²) < 4.78 is 18.8. The Hall–Kier alpha value is -1.87. The molecule has 0 radical (unpaired) electrons. The van der Waals surface area contributed by atoms with Gasteiger partial charge in [-0.25, -0.2) is 4.39 Å². The van der Waals surface area contributed by atoms with Crippen LogP contribution >= 0.6 is 0 Å². The molecule has 0 fully saturated rings. The van der Waals surface area contributed by atoms with Crippen molar-refractivity contribution in [1.82, 2.24) is 5.32 Å². The number of halogens is 1. The number of aryl methyl sites for hydroxylation is 1. The first-order valence-corrected chi connectivity index (χ1v) is 6.72. The van der Waals surface area contributed by atoms with Gasteiger partial charge in [-0.2, -0.15) is 0 Å². The summed E-state index contributed by atoms with van der Waals surface area (Å²) in [5.74, 6) is 0.677. The molecule has 2 nitrogen and oxygen atoms in total. The molecule has 0 aliphatic carbocycles. The van der Waals surface area contributed by atoms with E-state index in [1.54, 1.807) is 13.2 Å². The number of hydrogen-bond acceptors (Lipinski definition) is 2. The van der Waals surface area contributed by atoms with Crippen LogP contribution in [0.1, 0.15) is 29.7 Å². The lowest BCUT2D eigenvalue weighted by Crippen LogP contribution is -2.18. The van der Waals surface area contributed by atoms with Crippen LogP contribution in [0.5, 0.6) is 5.75 Å². The van der Waals surface area contributed by atoms with E-state index in [0.717, 1.165) is 16.9 Å². The minimum absolute atomic E-state index is 0.154. The van der Waals surface area contributed by atoms with E-state index in [2.05, 4.69) is 12.2 Å². The van der Waals surface area contributed by atoms with Crippen LogP contribution in [0, 0.1) is 12.7 Å². The lowest BCUT2D eigenvalue weighted by molar-refractivity contribution is 0.414. The van der Waals surface area contributed by atoms with Crippen molar-refractivity contribution in [3.05, 3.63) is 65.0 Å². The van der Waals surface area contributed by atoms with Crippen LogP contribution in [0.25, 0.3) is 0 Å². The Morgan fingerprint density at radius 3 is 2.50 bits per heavy atom. The van der Waals surface area contributed by atoms with Gasteiger partial charge in [0.25, 0.3) is 0 Å². The molecule has 0 aliphatic rings. The maximum Gasteiger partial charge on any atom is 0.127 e. The zero-order valence-corrected chi connectivity index (χ0v) is 12.1. The van der Waals surface area contributed by atoms with Crippen LogP contribution in [0.15, 0.2) is 42.5 Å². The van der Waals surface area contributed by atoms with Gasteiger partial charge in [-0.1, -0.05) is 29.8 Å². The normalized spacial score (nSPS) is 12.2. The van der Waals surface area contributed by atoms with Gasteiger partial charge >= 0.3 is 0 Å². The molecular weight excluding hydrogens is 253 g/mol. The Balaban J connectivity index is 2.00. The van der Waals surface area contributed by atoms with Gasteiger partial charge in [-0.05, 0) is 37.6 Å². The highest BCUT2D eigenvalue weighted by Gasteiger charge is 2.07. The van der Waals surface area contributed by atoms with Gasteiger partial charge in [0.2, 0.25) is 0 Å². The van der Waals surface area contributed by atoms with Crippen LogP contribution in [0.2, 0.25) is 0 Å². The van der Waals surface area contributed by atoms with Crippen LogP contribution < -0.4 is 10.1 Å². The van der Waals surface area contributed by atoms with Crippen LogP contribution in [-0.4, -0.2) is 7.11 Å². The minimum atomic E-state index is -0.162. The molecule has 2 rings (SSSR count). The number of benzene rings is 2. The average Bonchev–Trinajstić information content (AvgIpc) is 2.48. The topological polar surface area (TPSA) is 21.3 Å². The van der Waals surface area contributed by atoms with Gasteiger partial charge in [0.05, 0.1) is 7.11 Å². The van der Waals surface area contributed by atoms with E-state index >= 15 is 0 Å². The first kappa shape index (κ1) is 14.5. The molecule has 0 aliphatic heterocycles. The SMILES string of the molecule is COc1ccc([C@@H](C)NCc2cc(C)ccc2F)cc1. The number of rotatable bonds is 5. The highest BCUT2D eigenvalue weighted by atomic mass is 19.1. The van der Waals surface area contributed by atoms with Crippen molar-refractivity contribution < 1.29 is 9.13 Å². The molecule has 3 heteroatoms. The molecule has 20 heavy (non-hydrogen) atoms.